The van der Waals surface area contributed by atoms with Gasteiger partial charge in [-0.3, -0.25) is 0 Å². The van der Waals surface area contributed by atoms with Crippen LogP contribution in [0.15, 0.2) is 22.7 Å². The number of phenolic OH excluding ortho intramolecular Hbond substituents is 1. The van der Waals surface area contributed by atoms with Crippen molar-refractivity contribution in [1.82, 2.24) is 5.32 Å². The Morgan fingerprint density at radius 1 is 1.38 bits per heavy atom. The van der Waals surface area contributed by atoms with Crippen LogP contribution in [0.3, 0.4) is 0 Å². The molecule has 1 unspecified atom stereocenters. The highest BCUT2D eigenvalue weighted by Crippen LogP contribution is 2.21. The van der Waals surface area contributed by atoms with Crippen molar-refractivity contribution in [2.75, 3.05) is 0 Å². The zero-order valence-electron chi connectivity index (χ0n) is 9.96. The Balaban J connectivity index is 2.55. The molecule has 1 aromatic rings. The van der Waals surface area contributed by atoms with Crippen LogP contribution >= 0.6 is 15.9 Å². The van der Waals surface area contributed by atoms with Crippen molar-refractivity contribution < 1.29 is 5.11 Å². The van der Waals surface area contributed by atoms with Gasteiger partial charge in [0.25, 0.3) is 0 Å². The van der Waals surface area contributed by atoms with Crippen LogP contribution in [0.5, 0.6) is 5.75 Å². The van der Waals surface area contributed by atoms with Crippen LogP contribution in [-0.4, -0.2) is 11.1 Å². The zero-order chi connectivity index (χ0) is 12.0. The summed E-state index contributed by atoms with van der Waals surface area (Å²) in [6.07, 6.45) is 3.55. The first-order valence-corrected chi connectivity index (χ1v) is 6.67. The van der Waals surface area contributed by atoms with Gasteiger partial charge in [-0.1, -0.05) is 36.2 Å². The van der Waals surface area contributed by atoms with Gasteiger partial charge in [0.1, 0.15) is 5.75 Å². The van der Waals surface area contributed by atoms with E-state index in [4.69, 9.17) is 0 Å². The van der Waals surface area contributed by atoms with Gasteiger partial charge < -0.3 is 10.4 Å². The summed E-state index contributed by atoms with van der Waals surface area (Å²) in [5.74, 6) is 0.323. The minimum absolute atomic E-state index is 0.323. The third-order valence-electron chi connectivity index (χ3n) is 2.74. The van der Waals surface area contributed by atoms with E-state index in [-0.39, 0.29) is 0 Å². The van der Waals surface area contributed by atoms with E-state index in [1.807, 2.05) is 6.07 Å². The molecule has 2 N–H and O–H groups in total. The smallest absolute Gasteiger partial charge is 0.115 e. The van der Waals surface area contributed by atoms with E-state index < -0.39 is 0 Å². The van der Waals surface area contributed by atoms with Crippen LogP contribution in [0.1, 0.15) is 38.7 Å². The van der Waals surface area contributed by atoms with E-state index in [9.17, 15) is 5.11 Å². The van der Waals surface area contributed by atoms with Gasteiger partial charge in [0.15, 0.2) is 0 Å². The molecule has 0 saturated carbocycles. The van der Waals surface area contributed by atoms with E-state index in [0.29, 0.717) is 11.8 Å². The molecule has 0 radical (unpaired) electrons. The SMILES string of the molecule is CCCC(CC)NCc1cc(O)ccc1Br. The average Bonchev–Trinajstić information content (AvgIpc) is 2.28. The number of benzene rings is 1. The fourth-order valence-electron chi connectivity index (χ4n) is 1.75. The van der Waals surface area contributed by atoms with E-state index >= 15 is 0 Å². The molecule has 0 saturated heterocycles. The maximum Gasteiger partial charge on any atom is 0.115 e. The van der Waals surface area contributed by atoms with Crippen LogP contribution in [0, 0.1) is 0 Å². The van der Waals surface area contributed by atoms with Crippen molar-refractivity contribution in [3.8, 4) is 5.75 Å². The van der Waals surface area contributed by atoms with Gasteiger partial charge in [-0.2, -0.15) is 0 Å². The fraction of sp³-hybridized carbons (Fsp3) is 0.538. The minimum Gasteiger partial charge on any atom is -0.508 e. The van der Waals surface area contributed by atoms with Crippen LogP contribution in [0.4, 0.5) is 0 Å². The van der Waals surface area contributed by atoms with E-state index in [0.717, 1.165) is 23.0 Å². The molecule has 0 aliphatic heterocycles. The second kappa shape index (κ2) is 6.92. The lowest BCUT2D eigenvalue weighted by atomic mass is 10.1. The van der Waals surface area contributed by atoms with Gasteiger partial charge in [0, 0.05) is 17.1 Å². The third-order valence-corrected chi connectivity index (χ3v) is 3.51. The second-order valence-electron chi connectivity index (χ2n) is 4.05. The Labute approximate surface area is 106 Å². The van der Waals surface area contributed by atoms with Crippen LogP contribution < -0.4 is 5.32 Å². The molecular weight excluding hydrogens is 266 g/mol. The third kappa shape index (κ3) is 4.14. The van der Waals surface area contributed by atoms with Gasteiger partial charge >= 0.3 is 0 Å². The summed E-state index contributed by atoms with van der Waals surface area (Å²) in [5, 5.41) is 12.9. The largest absolute Gasteiger partial charge is 0.508 e. The van der Waals surface area contributed by atoms with Crippen molar-refractivity contribution in [3.05, 3.63) is 28.2 Å². The number of aromatic hydroxyl groups is 1. The lowest BCUT2D eigenvalue weighted by Gasteiger charge is -2.16. The van der Waals surface area contributed by atoms with Gasteiger partial charge in [-0.05, 0) is 36.6 Å². The number of hydrogen-bond donors (Lipinski definition) is 2. The molecule has 1 rings (SSSR count). The Morgan fingerprint density at radius 2 is 2.12 bits per heavy atom. The first kappa shape index (κ1) is 13.5. The van der Waals surface area contributed by atoms with Crippen molar-refractivity contribution in [2.45, 2.75) is 45.7 Å². The van der Waals surface area contributed by atoms with Crippen LogP contribution in [-0.2, 0) is 6.54 Å². The predicted octanol–water partition coefficient (Wildman–Crippen LogP) is 3.82. The van der Waals surface area contributed by atoms with Gasteiger partial charge in [0.05, 0.1) is 0 Å². The Morgan fingerprint density at radius 3 is 2.75 bits per heavy atom. The fourth-order valence-corrected chi connectivity index (χ4v) is 2.14. The normalized spacial score (nSPS) is 12.7. The quantitative estimate of drug-likeness (QED) is 0.833. The van der Waals surface area contributed by atoms with Gasteiger partial charge in [-0.15, -0.1) is 0 Å². The number of hydrogen-bond acceptors (Lipinski definition) is 2. The molecule has 90 valence electrons. The van der Waals surface area contributed by atoms with E-state index in [1.165, 1.54) is 12.8 Å². The highest BCUT2D eigenvalue weighted by atomic mass is 79.9. The van der Waals surface area contributed by atoms with Crippen molar-refractivity contribution >= 4 is 15.9 Å². The predicted molar refractivity (Wildman–Crippen MR) is 71.6 cm³/mol. The molecule has 16 heavy (non-hydrogen) atoms. The monoisotopic (exact) mass is 285 g/mol. The Bertz CT molecular complexity index is 328. The topological polar surface area (TPSA) is 32.3 Å². The van der Waals surface area contributed by atoms with Crippen LogP contribution in [0.2, 0.25) is 0 Å². The summed E-state index contributed by atoms with van der Waals surface area (Å²) < 4.78 is 1.05. The summed E-state index contributed by atoms with van der Waals surface area (Å²) in [6.45, 7) is 5.20. The lowest BCUT2D eigenvalue weighted by molar-refractivity contribution is 0.457. The van der Waals surface area contributed by atoms with Crippen molar-refractivity contribution in [2.24, 2.45) is 0 Å². The van der Waals surface area contributed by atoms with Crippen molar-refractivity contribution in [1.29, 1.82) is 0 Å². The number of rotatable bonds is 6. The molecule has 1 aromatic carbocycles. The summed E-state index contributed by atoms with van der Waals surface area (Å²) >= 11 is 3.49. The molecule has 0 aliphatic carbocycles. The maximum absolute atomic E-state index is 9.41. The first-order chi connectivity index (χ1) is 7.67. The van der Waals surface area contributed by atoms with Crippen LogP contribution in [0.25, 0.3) is 0 Å². The van der Waals surface area contributed by atoms with Gasteiger partial charge in [-0.25, -0.2) is 0 Å². The number of phenols is 1. The highest BCUT2D eigenvalue weighted by Gasteiger charge is 2.06. The molecule has 0 heterocycles. The standard InChI is InChI=1S/C13H20BrNO/c1-3-5-11(4-2)15-9-10-8-12(16)6-7-13(10)14/h6-8,11,15-16H,3-5,9H2,1-2H3. The van der Waals surface area contributed by atoms with E-state index in [2.05, 4.69) is 35.1 Å². The molecule has 0 aliphatic rings. The van der Waals surface area contributed by atoms with Crippen molar-refractivity contribution in [3.63, 3.8) is 0 Å². The summed E-state index contributed by atoms with van der Waals surface area (Å²) in [4.78, 5) is 0. The Kier molecular flexibility index (Phi) is 5.85. The first-order valence-electron chi connectivity index (χ1n) is 5.88. The average molecular weight is 286 g/mol. The minimum atomic E-state index is 0.323. The zero-order valence-corrected chi connectivity index (χ0v) is 11.5. The Hall–Kier alpha value is -0.540. The molecule has 0 aromatic heterocycles. The summed E-state index contributed by atoms with van der Waals surface area (Å²) in [7, 11) is 0. The number of halogens is 1. The lowest BCUT2D eigenvalue weighted by Crippen LogP contribution is -2.27. The molecule has 0 bridgehead atoms. The van der Waals surface area contributed by atoms with Gasteiger partial charge in [0.2, 0.25) is 0 Å². The molecular formula is C13H20BrNO. The number of nitrogens with one attached hydrogen (secondary N) is 1. The molecule has 1 atom stereocenters. The molecule has 2 nitrogen and oxygen atoms in total. The highest BCUT2D eigenvalue weighted by molar-refractivity contribution is 9.10. The molecule has 0 fully saturated rings. The second-order valence-corrected chi connectivity index (χ2v) is 4.90. The maximum atomic E-state index is 9.41. The molecule has 0 amide bonds. The summed E-state index contributed by atoms with van der Waals surface area (Å²) in [5.41, 5.74) is 1.11. The molecule has 3 heteroatoms. The molecule has 0 spiro atoms. The summed E-state index contributed by atoms with van der Waals surface area (Å²) in [6, 6.07) is 5.94. The van der Waals surface area contributed by atoms with E-state index in [1.54, 1.807) is 12.1 Å².